The molecule has 0 saturated heterocycles. The van der Waals surface area contributed by atoms with Crippen LogP contribution in [0.3, 0.4) is 0 Å². The number of hydrogen-bond donors (Lipinski definition) is 0. The molecule has 0 N–H and O–H groups in total. The number of rotatable bonds is 7. The molecule has 130 valence electrons. The van der Waals surface area contributed by atoms with Crippen LogP contribution in [0.4, 0.5) is 0 Å². The first-order valence-corrected chi connectivity index (χ1v) is 9.33. The molecule has 1 fully saturated rings. The van der Waals surface area contributed by atoms with Gasteiger partial charge in [0.05, 0.1) is 5.02 Å². The minimum Gasteiger partial charge on any atom is -0.457 e. The number of hydrogen-bond acceptors (Lipinski definition) is 6. The number of carbonyl (C=O) groups excluding carboxylic acids is 2. The van der Waals surface area contributed by atoms with Gasteiger partial charge in [-0.25, -0.2) is 4.79 Å². The van der Waals surface area contributed by atoms with Crippen molar-refractivity contribution >= 4 is 35.1 Å². The van der Waals surface area contributed by atoms with Crippen LogP contribution in [0.25, 0.3) is 0 Å². The average Bonchev–Trinajstić information content (AvgIpc) is 3.37. The summed E-state index contributed by atoms with van der Waals surface area (Å²) in [6.45, 7) is 3.52. The van der Waals surface area contributed by atoms with Crippen LogP contribution >= 0.6 is 23.4 Å². The number of benzene rings is 1. The zero-order valence-electron chi connectivity index (χ0n) is 13.6. The van der Waals surface area contributed by atoms with E-state index >= 15 is 0 Å². The Kier molecular flexibility index (Phi) is 5.30. The Labute approximate surface area is 154 Å². The average molecular weight is 378 g/mol. The molecule has 3 rings (SSSR count). The van der Waals surface area contributed by atoms with E-state index in [1.54, 1.807) is 12.1 Å². The number of nitrogens with zero attached hydrogens (tertiary/aromatic N) is 1. The monoisotopic (exact) mass is 377 g/mol. The van der Waals surface area contributed by atoms with Gasteiger partial charge in [-0.2, -0.15) is 0 Å². The zero-order valence-corrected chi connectivity index (χ0v) is 15.2. The highest BCUT2D eigenvalue weighted by Crippen LogP contribution is 2.43. The van der Waals surface area contributed by atoms with Gasteiger partial charge in [-0.05, 0) is 37.3 Å². The molecule has 5 nitrogen and oxygen atoms in total. The molecule has 1 aromatic heterocycles. The Morgan fingerprint density at radius 3 is 2.84 bits per heavy atom. The highest BCUT2D eigenvalue weighted by atomic mass is 35.5. The van der Waals surface area contributed by atoms with Gasteiger partial charge in [0.2, 0.25) is 11.5 Å². The Hall–Kier alpha value is -2.05. The van der Waals surface area contributed by atoms with Crippen molar-refractivity contribution in [2.45, 2.75) is 23.7 Å². The fourth-order valence-electron chi connectivity index (χ4n) is 2.43. The van der Waals surface area contributed by atoms with Crippen LogP contribution in [0.2, 0.25) is 5.02 Å². The number of aromatic nitrogens is 1. The van der Waals surface area contributed by atoms with Crippen molar-refractivity contribution in [2.75, 3.05) is 12.9 Å². The van der Waals surface area contributed by atoms with Crippen LogP contribution in [0.1, 0.15) is 50.9 Å². The molecule has 7 heteroatoms. The number of ether oxygens (including phenoxy) is 1. The van der Waals surface area contributed by atoms with Gasteiger partial charge >= 0.3 is 5.97 Å². The first-order valence-electron chi connectivity index (χ1n) is 7.72. The lowest BCUT2D eigenvalue weighted by molar-refractivity contribution is 0.0535. The molecule has 2 aromatic rings. The first kappa shape index (κ1) is 17.8. The predicted molar refractivity (Wildman–Crippen MR) is 95.6 cm³/mol. The molecule has 0 atom stereocenters. The van der Waals surface area contributed by atoms with Crippen molar-refractivity contribution in [3.63, 3.8) is 0 Å². The molecule has 0 spiro atoms. The second-order valence-electron chi connectivity index (χ2n) is 5.61. The van der Waals surface area contributed by atoms with E-state index in [0.717, 1.165) is 17.7 Å². The molecule has 25 heavy (non-hydrogen) atoms. The minimum atomic E-state index is -0.712. The fourth-order valence-corrected chi connectivity index (χ4v) is 3.20. The van der Waals surface area contributed by atoms with Crippen molar-refractivity contribution in [2.24, 2.45) is 0 Å². The third-order valence-electron chi connectivity index (χ3n) is 3.84. The quantitative estimate of drug-likeness (QED) is 0.306. The van der Waals surface area contributed by atoms with Gasteiger partial charge in [-0.1, -0.05) is 29.4 Å². The number of esters is 1. The van der Waals surface area contributed by atoms with E-state index in [0.29, 0.717) is 16.3 Å². The Morgan fingerprint density at radius 2 is 2.24 bits per heavy atom. The fraction of sp³-hybridized carbons (Fsp3) is 0.278. The number of ketones is 1. The topological polar surface area (TPSA) is 69.4 Å². The van der Waals surface area contributed by atoms with Gasteiger partial charge in [-0.15, -0.1) is 11.8 Å². The van der Waals surface area contributed by atoms with Gasteiger partial charge in [0.1, 0.15) is 12.2 Å². The Bertz CT molecular complexity index is 842. The SMILES string of the molecule is C=CCOC(=O)c1noc(C2CC2)c1C(=O)c1ccc(SC)cc1Cl. The third kappa shape index (κ3) is 3.65. The molecule has 1 aliphatic carbocycles. The predicted octanol–water partition coefficient (Wildman–Crippen LogP) is 4.50. The molecule has 1 heterocycles. The van der Waals surface area contributed by atoms with E-state index in [1.165, 1.54) is 17.8 Å². The van der Waals surface area contributed by atoms with E-state index in [-0.39, 0.29) is 29.6 Å². The summed E-state index contributed by atoms with van der Waals surface area (Å²) in [5.41, 5.74) is 0.344. The summed E-state index contributed by atoms with van der Waals surface area (Å²) in [4.78, 5) is 26.2. The van der Waals surface area contributed by atoms with E-state index in [4.69, 9.17) is 20.9 Å². The number of halogens is 1. The van der Waals surface area contributed by atoms with Gasteiger partial charge < -0.3 is 9.26 Å². The summed E-state index contributed by atoms with van der Waals surface area (Å²) in [7, 11) is 0. The molecule has 0 unspecified atom stereocenters. The normalized spacial score (nSPS) is 13.5. The summed E-state index contributed by atoms with van der Waals surface area (Å²) >= 11 is 7.79. The summed E-state index contributed by atoms with van der Waals surface area (Å²) in [6.07, 6.45) is 5.16. The van der Waals surface area contributed by atoms with Crippen LogP contribution in [-0.4, -0.2) is 29.8 Å². The van der Waals surface area contributed by atoms with Gasteiger partial charge in [0.25, 0.3) is 0 Å². The molecule has 1 aliphatic rings. The van der Waals surface area contributed by atoms with Crippen LogP contribution in [0.15, 0.2) is 40.3 Å². The van der Waals surface area contributed by atoms with Crippen molar-refractivity contribution in [3.05, 3.63) is 58.5 Å². The van der Waals surface area contributed by atoms with E-state index in [1.807, 2.05) is 12.3 Å². The summed E-state index contributed by atoms with van der Waals surface area (Å²) in [5.74, 6) is -0.556. The molecule has 1 aromatic carbocycles. The summed E-state index contributed by atoms with van der Waals surface area (Å²) in [6, 6.07) is 5.18. The van der Waals surface area contributed by atoms with Crippen molar-refractivity contribution in [1.29, 1.82) is 0 Å². The lowest BCUT2D eigenvalue weighted by atomic mass is 9.99. The summed E-state index contributed by atoms with van der Waals surface area (Å²) in [5, 5.41) is 4.11. The Morgan fingerprint density at radius 1 is 1.48 bits per heavy atom. The second kappa shape index (κ2) is 7.45. The Balaban J connectivity index is 2.02. The molecular formula is C18H16ClNO4S. The zero-order chi connectivity index (χ0) is 18.0. The smallest absolute Gasteiger partial charge is 0.361 e. The van der Waals surface area contributed by atoms with E-state index in [2.05, 4.69) is 11.7 Å². The molecule has 1 saturated carbocycles. The van der Waals surface area contributed by atoms with Crippen molar-refractivity contribution < 1.29 is 18.8 Å². The second-order valence-corrected chi connectivity index (χ2v) is 6.89. The van der Waals surface area contributed by atoms with Gasteiger partial charge in [-0.3, -0.25) is 4.79 Å². The maximum Gasteiger partial charge on any atom is 0.361 e. The molecular weight excluding hydrogens is 362 g/mol. The van der Waals surface area contributed by atoms with E-state index in [9.17, 15) is 9.59 Å². The lowest BCUT2D eigenvalue weighted by Gasteiger charge is -2.06. The van der Waals surface area contributed by atoms with Crippen molar-refractivity contribution in [3.8, 4) is 0 Å². The molecule has 0 amide bonds. The van der Waals surface area contributed by atoms with Crippen LogP contribution in [0, 0.1) is 0 Å². The molecule has 0 aliphatic heterocycles. The minimum absolute atomic E-state index is 0.0290. The van der Waals surface area contributed by atoms with E-state index < -0.39 is 5.97 Å². The highest BCUT2D eigenvalue weighted by Gasteiger charge is 2.37. The maximum atomic E-state index is 13.1. The molecule has 0 bridgehead atoms. The standard InChI is InChI=1S/C18H16ClNO4S/c1-3-8-23-18(22)15-14(17(24-20-15)10-4-5-10)16(21)12-7-6-11(25-2)9-13(12)19/h3,6-7,9-10H,1,4-5,8H2,2H3. The molecule has 0 radical (unpaired) electrons. The highest BCUT2D eigenvalue weighted by molar-refractivity contribution is 7.98. The summed E-state index contributed by atoms with van der Waals surface area (Å²) < 4.78 is 10.3. The van der Waals surface area contributed by atoms with Crippen LogP contribution in [-0.2, 0) is 4.74 Å². The van der Waals surface area contributed by atoms with Crippen molar-refractivity contribution in [1.82, 2.24) is 5.16 Å². The van der Waals surface area contributed by atoms with Gasteiger partial charge in [0.15, 0.2) is 5.76 Å². The first-order chi connectivity index (χ1) is 12.1. The van der Waals surface area contributed by atoms with Crippen LogP contribution in [0.5, 0.6) is 0 Å². The number of carbonyl (C=O) groups is 2. The van der Waals surface area contributed by atoms with Gasteiger partial charge in [0, 0.05) is 16.4 Å². The largest absolute Gasteiger partial charge is 0.457 e. The lowest BCUT2D eigenvalue weighted by Crippen LogP contribution is -2.13. The number of thioether (sulfide) groups is 1. The maximum absolute atomic E-state index is 13.1. The van der Waals surface area contributed by atoms with Crippen LogP contribution < -0.4 is 0 Å². The third-order valence-corrected chi connectivity index (χ3v) is 4.88.